The number of carbonyl (C=O) groups excluding carboxylic acids is 1. The van der Waals surface area contributed by atoms with E-state index in [2.05, 4.69) is 161 Å². The summed E-state index contributed by atoms with van der Waals surface area (Å²) in [6, 6.07) is 37.4. The number of sulfonamides is 1. The number of aromatic hydroxyl groups is 5. The topological polar surface area (TPSA) is 242 Å². The van der Waals surface area contributed by atoms with Crippen molar-refractivity contribution in [1.29, 1.82) is 0 Å². The first-order valence-electron chi connectivity index (χ1n) is 32.8. The Morgan fingerprint density at radius 2 is 0.918 bits per heavy atom. The number of aromatic nitrogens is 1. The molecule has 8 rings (SSSR count). The molecule has 0 atom stereocenters. The normalized spacial score (nSPS) is 11.9. The van der Waals surface area contributed by atoms with Crippen LogP contribution in [0.25, 0.3) is 0 Å². The number of pyridine rings is 1. The van der Waals surface area contributed by atoms with Gasteiger partial charge in [-0.25, -0.2) is 8.42 Å². The predicted octanol–water partition coefficient (Wildman–Crippen LogP) is 19.8. The van der Waals surface area contributed by atoms with E-state index >= 15 is 0 Å². The number of benzene rings is 6. The molecule has 0 radical (unpaired) electrons. The number of aliphatic hydroxyl groups is 2. The summed E-state index contributed by atoms with van der Waals surface area (Å²) in [5.41, 5.74) is 16.3. The van der Waals surface area contributed by atoms with Crippen molar-refractivity contribution in [3.05, 3.63) is 207 Å². The largest absolute Gasteiger partial charge is 0.508 e. The third kappa shape index (κ3) is 31.1. The molecule has 0 fully saturated rings. The van der Waals surface area contributed by atoms with E-state index in [0.717, 1.165) is 56.7 Å². The molecule has 1 amide bonds. The molecule has 6 aromatic carbocycles. The van der Waals surface area contributed by atoms with E-state index < -0.39 is 10.0 Å². The van der Waals surface area contributed by atoms with Gasteiger partial charge in [0.1, 0.15) is 28.7 Å². The number of nitrogens with zero attached hydrogens (tertiary/aromatic N) is 1. The summed E-state index contributed by atoms with van der Waals surface area (Å²) >= 11 is 0. The standard InChI is InChI=1S/C12H15NO.C12H17NO.C12H18O.C11H17NO3S.C11H17NO.C11H16O.C10H14O2.C2H6.CH4/c1-12(2,3)9-5-4-6-10-8(9)7-11(14)13-10;1-5-13-10-8-9(12(2,3)4)6-7-11(10)14;1-9-5-6-11(12(2,3)4)7-10(9)8-13;1-11(2,3)8-5-6-10(13)9(7-8)12-16(4,14)15;1-8-5-6-10(11(2,3)4)12-9(8)7-13;1-8-5-6-9(7-10(8)12)11(2,3)4;1-10(2,3)7-4-8(11)6-9(12)5-7;1-2;/h4-6H,7H2,1-3H3,(H,13,14);5-8,13-14H,1H2,2-4H3;5-7,13H,8H2,1-4H3;5-7,12-13H,1-4H3;5-6,13H,7H2,1-4H3;5-7,12H,1-4H3;4-6,11-12H,1-3H3;1-2H3;1H4. The third-order valence-corrected chi connectivity index (χ3v) is 15.8. The fraction of sp³-hybridized carbons (Fsp3) is 0.463. The van der Waals surface area contributed by atoms with E-state index in [1.807, 2.05) is 125 Å². The monoisotopic (exact) mass is 1360 g/mol. The van der Waals surface area contributed by atoms with Crippen molar-refractivity contribution < 1.29 is 49.0 Å². The number of nitrogens with one attached hydrogen (secondary N) is 3. The average Bonchev–Trinajstić information content (AvgIpc) is 1.69. The van der Waals surface area contributed by atoms with Crippen LogP contribution in [0.2, 0.25) is 0 Å². The predicted molar refractivity (Wildman–Crippen MR) is 411 cm³/mol. The van der Waals surface area contributed by atoms with Gasteiger partial charge in [0, 0.05) is 22.9 Å². The first kappa shape index (κ1) is 89.2. The highest BCUT2D eigenvalue weighted by Crippen LogP contribution is 2.36. The van der Waals surface area contributed by atoms with Gasteiger partial charge in [0.2, 0.25) is 15.9 Å². The van der Waals surface area contributed by atoms with E-state index in [9.17, 15) is 38.7 Å². The molecule has 97 heavy (non-hydrogen) atoms. The first-order chi connectivity index (χ1) is 43.7. The second-order valence-electron chi connectivity index (χ2n) is 31.2. The van der Waals surface area contributed by atoms with Gasteiger partial charge >= 0.3 is 0 Å². The van der Waals surface area contributed by atoms with Crippen LogP contribution in [0.5, 0.6) is 28.7 Å². The molecule has 10 N–H and O–H groups in total. The van der Waals surface area contributed by atoms with Gasteiger partial charge in [0.15, 0.2) is 0 Å². The van der Waals surface area contributed by atoms with Crippen molar-refractivity contribution in [2.24, 2.45) is 0 Å². The molecule has 0 bridgehead atoms. The van der Waals surface area contributed by atoms with Gasteiger partial charge in [-0.2, -0.15) is 0 Å². The molecule has 7 aromatic rings. The van der Waals surface area contributed by atoms with Crippen molar-refractivity contribution in [1.82, 2.24) is 4.98 Å². The molecular weight excluding hydrogens is 1230 g/mol. The lowest BCUT2D eigenvalue weighted by atomic mass is 9.83. The van der Waals surface area contributed by atoms with Crippen LogP contribution in [-0.4, -0.2) is 61.3 Å². The molecule has 0 spiro atoms. The minimum atomic E-state index is -3.37. The van der Waals surface area contributed by atoms with Gasteiger partial charge < -0.3 is 46.4 Å². The van der Waals surface area contributed by atoms with Gasteiger partial charge in [-0.05, 0) is 175 Å². The number of amides is 1. The minimum absolute atomic E-state index is 0. The fourth-order valence-electron chi connectivity index (χ4n) is 9.03. The lowest BCUT2D eigenvalue weighted by Gasteiger charge is -2.21. The van der Waals surface area contributed by atoms with E-state index in [1.165, 1.54) is 39.9 Å². The number of hydrogen-bond acceptors (Lipinski definition) is 12. The Hall–Kier alpha value is -7.85. The Kier molecular flexibility index (Phi) is 34.2. The minimum Gasteiger partial charge on any atom is -0.508 e. The zero-order chi connectivity index (χ0) is 74.5. The summed E-state index contributed by atoms with van der Waals surface area (Å²) in [5, 5.41) is 70.8. The molecule has 1 aliphatic rings. The SMILES string of the molecule is C.C=CNc1cc(C(C)(C)C)ccc1O.CC.CC(C)(C)c1cc(O)cc(O)c1.CC(C)(C)c1ccc(O)c(NS(C)(=O)=O)c1.CC(C)(C)c1cccc2c1CC(=O)N2.Cc1ccc(C(C)(C)C)cc1CO.Cc1ccc(C(C)(C)C)cc1O.Cc1ccc(C(C)(C)C)nc1CO. The number of aryl methyl sites for hydroxylation is 3. The van der Waals surface area contributed by atoms with Crippen molar-refractivity contribution >= 4 is 33.0 Å². The molecule has 14 nitrogen and oxygen atoms in total. The quantitative estimate of drug-likeness (QED) is 0.0700. The van der Waals surface area contributed by atoms with Crippen molar-refractivity contribution in [3.63, 3.8) is 0 Å². The van der Waals surface area contributed by atoms with Crippen LogP contribution in [-0.2, 0) is 72.4 Å². The molecule has 0 aliphatic carbocycles. The maximum Gasteiger partial charge on any atom is 0.229 e. The molecule has 1 aliphatic heterocycles. The molecule has 538 valence electrons. The zero-order valence-electron chi connectivity index (χ0n) is 63.2. The van der Waals surface area contributed by atoms with Crippen LogP contribution in [0.3, 0.4) is 0 Å². The summed E-state index contributed by atoms with van der Waals surface area (Å²) in [6.45, 7) is 58.0. The number of phenols is 5. The Morgan fingerprint density at radius 1 is 0.495 bits per heavy atom. The van der Waals surface area contributed by atoms with Crippen molar-refractivity contribution in [3.8, 4) is 28.7 Å². The summed E-state index contributed by atoms with van der Waals surface area (Å²) in [4.78, 5) is 15.7. The second kappa shape index (κ2) is 37.2. The Bertz CT molecular complexity index is 3660. The van der Waals surface area contributed by atoms with Crippen LogP contribution in [0.4, 0.5) is 17.1 Å². The maximum atomic E-state index is 11.3. The van der Waals surface area contributed by atoms with Crippen LogP contribution in [0.1, 0.15) is 239 Å². The Labute approximate surface area is 585 Å². The number of carbonyl (C=O) groups is 1. The number of rotatable bonds is 6. The molecule has 1 aromatic heterocycles. The highest BCUT2D eigenvalue weighted by molar-refractivity contribution is 7.92. The Morgan fingerprint density at radius 3 is 1.33 bits per heavy atom. The van der Waals surface area contributed by atoms with Crippen LogP contribution in [0.15, 0.2) is 134 Å². The molecule has 0 saturated heterocycles. The van der Waals surface area contributed by atoms with Crippen LogP contribution < -0.4 is 15.4 Å². The van der Waals surface area contributed by atoms with Gasteiger partial charge in [-0.3, -0.25) is 14.5 Å². The van der Waals surface area contributed by atoms with E-state index in [4.69, 9.17) is 10.2 Å². The van der Waals surface area contributed by atoms with E-state index in [1.54, 1.807) is 36.5 Å². The molecular formula is C82H124N4O10S. The van der Waals surface area contributed by atoms with Crippen LogP contribution in [0, 0.1) is 20.8 Å². The highest BCUT2D eigenvalue weighted by atomic mass is 32.2. The number of fused-ring (bicyclic) bond motifs is 1. The number of hydrogen-bond donors (Lipinski definition) is 10. The van der Waals surface area contributed by atoms with E-state index in [-0.39, 0.29) is 93.1 Å². The fourth-order valence-corrected chi connectivity index (χ4v) is 9.59. The van der Waals surface area contributed by atoms with E-state index in [0.29, 0.717) is 17.9 Å². The average molecular weight is 1360 g/mol. The smallest absolute Gasteiger partial charge is 0.229 e. The van der Waals surface area contributed by atoms with Crippen LogP contribution >= 0.6 is 0 Å². The first-order valence-corrected chi connectivity index (χ1v) is 34.7. The lowest BCUT2D eigenvalue weighted by molar-refractivity contribution is -0.115. The number of aliphatic hydroxyl groups excluding tert-OH is 2. The molecule has 0 saturated carbocycles. The lowest BCUT2D eigenvalue weighted by Crippen LogP contribution is -2.14. The number of phenolic OH excluding ortho intramolecular Hbond substituents is 5. The maximum absolute atomic E-state index is 11.3. The van der Waals surface area contributed by atoms with Gasteiger partial charge in [-0.15, -0.1) is 0 Å². The molecule has 15 heteroatoms. The van der Waals surface area contributed by atoms with Crippen molar-refractivity contribution in [2.75, 3.05) is 21.6 Å². The van der Waals surface area contributed by atoms with Crippen molar-refractivity contribution in [2.45, 2.75) is 245 Å². The van der Waals surface area contributed by atoms with Gasteiger partial charge in [0.25, 0.3) is 0 Å². The summed E-state index contributed by atoms with van der Waals surface area (Å²) in [6.07, 6.45) is 3.14. The molecule has 0 unspecified atom stereocenters. The van der Waals surface area contributed by atoms with Gasteiger partial charge in [0.05, 0.1) is 43.0 Å². The molecule has 2 heterocycles. The summed E-state index contributed by atoms with van der Waals surface area (Å²) in [5.74, 6) is 0.898. The Balaban J connectivity index is 0.00000110. The second-order valence-corrected chi connectivity index (χ2v) is 32.9. The highest BCUT2D eigenvalue weighted by Gasteiger charge is 2.26. The summed E-state index contributed by atoms with van der Waals surface area (Å²) < 4.78 is 24.5. The third-order valence-electron chi connectivity index (χ3n) is 15.2. The van der Waals surface area contributed by atoms with Gasteiger partial charge in [-0.1, -0.05) is 234 Å². The zero-order valence-corrected chi connectivity index (χ0v) is 64.0. The summed E-state index contributed by atoms with van der Waals surface area (Å²) in [7, 11) is -3.37. The number of anilines is 3.